The van der Waals surface area contributed by atoms with E-state index in [-0.39, 0.29) is 78.7 Å². The molecule has 4 aliphatic carbocycles. The number of rotatable bonds is 9. The van der Waals surface area contributed by atoms with Crippen molar-refractivity contribution in [3.63, 3.8) is 0 Å². The Bertz CT molecular complexity index is 1860. The number of ketones is 1. The minimum atomic E-state index is -1.93. The molecule has 6 rings (SSSR count). The van der Waals surface area contributed by atoms with Crippen LogP contribution in [0, 0.1) is 52.3 Å². The maximum absolute atomic E-state index is 14.5. The van der Waals surface area contributed by atoms with E-state index in [1.807, 2.05) is 51.6 Å². The van der Waals surface area contributed by atoms with Crippen molar-refractivity contribution in [1.82, 2.24) is 15.1 Å². The predicted molar refractivity (Wildman–Crippen MR) is 259 cm³/mol. The Morgan fingerprint density at radius 2 is 1.61 bits per heavy atom. The van der Waals surface area contributed by atoms with Crippen molar-refractivity contribution in [3.8, 4) is 0 Å². The van der Waals surface area contributed by atoms with Crippen LogP contribution in [-0.2, 0) is 28.6 Å². The summed E-state index contributed by atoms with van der Waals surface area (Å²) in [6, 6.07) is -1.03. The van der Waals surface area contributed by atoms with Crippen LogP contribution in [0.1, 0.15) is 140 Å². The standard InChI is InChI=1S/C53H91N3O13/c1-14-40-52(11,65)44(61)33(7)56(27-28(2)25-51(10,64)45(31(5)42(59)32(6)46(62)68-40)69-47-43(60)38(55(12)13)23-30(4)67-47)21-15-20-54-48(63)53(66)29(3)22-37-36-17-16-34-24-35(57)18-19-49(34,8)41(36)39(58)26-50(37,53)9/h24,28-33,36-45,47,58-61,64-66H,14-23,25-27H2,1-13H3,(H,54,63)/t28-,29-,30-,31+,32-,33-,36?,37?,38-,39+,40-,41?,42+,43-,44-,45?,47+,49+,50+,51-,52-,53+/m1/s1. The zero-order chi connectivity index (χ0) is 51.5. The number of nitrogens with one attached hydrogen (secondary N) is 1. The van der Waals surface area contributed by atoms with Gasteiger partial charge in [0.15, 0.2) is 17.7 Å². The number of hydrogen-bond donors (Lipinski definition) is 8. The second-order valence-electron chi connectivity index (χ2n) is 24.3. The Morgan fingerprint density at radius 1 is 0.942 bits per heavy atom. The first-order valence-electron chi connectivity index (χ1n) is 26.3. The number of fused-ring (bicyclic) bond motifs is 5. The summed E-state index contributed by atoms with van der Waals surface area (Å²) in [6.45, 7) is 20.5. The number of hydrogen-bond acceptors (Lipinski definition) is 15. The van der Waals surface area contributed by atoms with Crippen LogP contribution in [-0.4, -0.2) is 175 Å². The van der Waals surface area contributed by atoms with Crippen LogP contribution in [0.2, 0.25) is 0 Å². The molecule has 2 saturated heterocycles. The van der Waals surface area contributed by atoms with Crippen LogP contribution in [0.15, 0.2) is 11.6 Å². The number of esters is 1. The number of carbonyl (C=O) groups is 3. The number of ether oxygens (including phenoxy) is 3. The molecule has 69 heavy (non-hydrogen) atoms. The van der Waals surface area contributed by atoms with Crippen molar-refractivity contribution in [2.45, 2.75) is 218 Å². The summed E-state index contributed by atoms with van der Waals surface area (Å²) >= 11 is 0. The number of aliphatic hydroxyl groups is 7. The Kier molecular flexibility index (Phi) is 17.1. The summed E-state index contributed by atoms with van der Waals surface area (Å²) in [6.07, 6.45) is -1.73. The van der Waals surface area contributed by atoms with E-state index in [4.69, 9.17) is 14.2 Å². The highest BCUT2D eigenvalue weighted by Gasteiger charge is 2.71. The van der Waals surface area contributed by atoms with Crippen LogP contribution >= 0.6 is 0 Å². The number of amides is 1. The molecule has 3 saturated carbocycles. The first-order chi connectivity index (χ1) is 32.0. The smallest absolute Gasteiger partial charge is 0.311 e. The lowest BCUT2D eigenvalue weighted by atomic mass is 9.45. The third-order valence-electron chi connectivity index (χ3n) is 19.0. The average molecular weight is 978 g/mol. The molecule has 22 atom stereocenters. The minimum absolute atomic E-state index is 0.00562. The van der Waals surface area contributed by atoms with E-state index in [0.717, 1.165) is 18.4 Å². The van der Waals surface area contributed by atoms with Crippen LogP contribution in [0.25, 0.3) is 0 Å². The Labute approximate surface area is 411 Å². The zero-order valence-electron chi connectivity index (χ0n) is 44.1. The van der Waals surface area contributed by atoms with Gasteiger partial charge in [0.2, 0.25) is 0 Å². The van der Waals surface area contributed by atoms with E-state index < -0.39 is 94.9 Å². The molecule has 396 valence electrons. The van der Waals surface area contributed by atoms with E-state index in [9.17, 15) is 50.1 Å². The Balaban J connectivity index is 1.22. The first-order valence-corrected chi connectivity index (χ1v) is 26.3. The molecule has 2 heterocycles. The van der Waals surface area contributed by atoms with Gasteiger partial charge in [0.05, 0.1) is 35.9 Å². The van der Waals surface area contributed by atoms with Gasteiger partial charge >= 0.3 is 5.97 Å². The molecule has 6 aliphatic rings. The van der Waals surface area contributed by atoms with E-state index in [0.29, 0.717) is 45.2 Å². The van der Waals surface area contributed by atoms with Crippen molar-refractivity contribution in [2.75, 3.05) is 33.7 Å². The molecular formula is C53H91N3O13. The zero-order valence-corrected chi connectivity index (χ0v) is 44.1. The van der Waals surface area contributed by atoms with Crippen LogP contribution in [0.5, 0.6) is 0 Å². The highest BCUT2D eigenvalue weighted by atomic mass is 16.7. The van der Waals surface area contributed by atoms with E-state index in [2.05, 4.69) is 12.2 Å². The van der Waals surface area contributed by atoms with E-state index in [1.54, 1.807) is 33.8 Å². The lowest BCUT2D eigenvalue weighted by Gasteiger charge is -2.60. The molecule has 4 unspecified atom stereocenters. The van der Waals surface area contributed by atoms with E-state index >= 15 is 0 Å². The molecule has 8 N–H and O–H groups in total. The number of nitrogens with zero attached hydrogens (tertiary/aromatic N) is 2. The number of aliphatic hydroxyl groups excluding tert-OH is 4. The summed E-state index contributed by atoms with van der Waals surface area (Å²) < 4.78 is 18.6. The molecule has 0 spiro atoms. The largest absolute Gasteiger partial charge is 0.459 e. The van der Waals surface area contributed by atoms with Crippen molar-refractivity contribution < 1.29 is 64.3 Å². The number of allylic oxidation sites excluding steroid dienone is 1. The van der Waals surface area contributed by atoms with Crippen LogP contribution in [0.4, 0.5) is 0 Å². The summed E-state index contributed by atoms with van der Waals surface area (Å²) in [5.41, 5.74) is -5.39. The quantitative estimate of drug-likeness (QED) is 0.122. The average Bonchev–Trinajstić information content (AvgIpc) is 3.48. The fourth-order valence-electron chi connectivity index (χ4n) is 15.0. The maximum atomic E-state index is 14.5. The second kappa shape index (κ2) is 21.0. The summed E-state index contributed by atoms with van der Waals surface area (Å²) in [4.78, 5) is 44.6. The van der Waals surface area contributed by atoms with Gasteiger partial charge in [0.1, 0.15) is 23.9 Å². The monoisotopic (exact) mass is 978 g/mol. The maximum Gasteiger partial charge on any atom is 0.311 e. The third-order valence-corrected chi connectivity index (χ3v) is 19.0. The van der Waals surface area contributed by atoms with Crippen molar-refractivity contribution in [1.29, 1.82) is 0 Å². The van der Waals surface area contributed by atoms with Crippen molar-refractivity contribution in [2.24, 2.45) is 52.3 Å². The predicted octanol–water partition coefficient (Wildman–Crippen LogP) is 3.33. The van der Waals surface area contributed by atoms with Crippen molar-refractivity contribution >= 4 is 17.7 Å². The minimum Gasteiger partial charge on any atom is -0.459 e. The number of likely N-dealkylation sites (N-methyl/N-ethyl adjacent to an activating group) is 1. The van der Waals surface area contributed by atoms with Gasteiger partial charge < -0.3 is 60.2 Å². The van der Waals surface area contributed by atoms with Gasteiger partial charge in [-0.2, -0.15) is 0 Å². The van der Waals surface area contributed by atoms with Crippen LogP contribution in [0.3, 0.4) is 0 Å². The molecule has 1 amide bonds. The Hall–Kier alpha value is -2.09. The van der Waals surface area contributed by atoms with Crippen LogP contribution < -0.4 is 5.32 Å². The molecule has 16 nitrogen and oxygen atoms in total. The second-order valence-corrected chi connectivity index (χ2v) is 24.3. The van der Waals surface area contributed by atoms with Gasteiger partial charge in [-0.3, -0.25) is 19.3 Å². The van der Waals surface area contributed by atoms with Gasteiger partial charge in [0, 0.05) is 49.5 Å². The summed E-state index contributed by atoms with van der Waals surface area (Å²) in [5.74, 6) is -3.77. The van der Waals surface area contributed by atoms with Gasteiger partial charge in [-0.15, -0.1) is 0 Å². The third kappa shape index (κ3) is 10.4. The van der Waals surface area contributed by atoms with E-state index in [1.165, 1.54) is 13.8 Å². The summed E-state index contributed by atoms with van der Waals surface area (Å²) in [7, 11) is 3.72. The number of cyclic esters (lactones) is 1. The molecule has 0 aromatic carbocycles. The molecular weight excluding hydrogens is 887 g/mol. The SMILES string of the molecule is CC[C@H]1OC(=O)[C@H](C)[C@@H](O)[C@H](C)C(O[C@@H]2O[C@H](C)C[C@@H](N(C)C)[C@H]2O)[C@](C)(O)C[C@@H](C)CN(CCCNC(=O)[C@@]2(O)[C@H](C)CC3C4CCC5=CC(=O)CC[C@]5(C)C4[C@@H](O)C[C@@]32C)[C@H](C)[C@@H](O)[C@]1(C)O. The molecule has 16 heteroatoms. The Morgan fingerprint density at radius 3 is 2.25 bits per heavy atom. The van der Waals surface area contributed by atoms with Crippen molar-refractivity contribution in [3.05, 3.63) is 11.6 Å². The molecule has 2 aliphatic heterocycles. The topological polar surface area (TPSA) is 239 Å². The molecule has 0 radical (unpaired) electrons. The first kappa shape index (κ1) is 56.2. The molecule has 0 bridgehead atoms. The normalized spacial score (nSPS) is 49.4. The summed E-state index contributed by atoms with van der Waals surface area (Å²) in [5, 5.41) is 87.6. The highest BCUT2D eigenvalue weighted by molar-refractivity contribution is 5.91. The fraction of sp³-hybridized carbons (Fsp3) is 0.906. The number of carbonyl (C=O) groups excluding carboxylic acids is 3. The van der Waals surface area contributed by atoms with Gasteiger partial charge in [-0.25, -0.2) is 0 Å². The fourth-order valence-corrected chi connectivity index (χ4v) is 15.0. The molecule has 0 aromatic heterocycles. The molecule has 5 fully saturated rings. The van der Waals surface area contributed by atoms with Gasteiger partial charge in [-0.1, -0.05) is 47.1 Å². The van der Waals surface area contributed by atoms with Gasteiger partial charge in [-0.05, 0) is 148 Å². The lowest BCUT2D eigenvalue weighted by Crippen LogP contribution is -2.64. The highest BCUT2D eigenvalue weighted by Crippen LogP contribution is 2.68. The van der Waals surface area contributed by atoms with Gasteiger partial charge in [0.25, 0.3) is 5.91 Å². The lowest BCUT2D eigenvalue weighted by molar-refractivity contribution is -0.299. The molecule has 0 aromatic rings.